The Morgan fingerprint density at radius 1 is 1.40 bits per heavy atom. The highest BCUT2D eigenvalue weighted by molar-refractivity contribution is 5.94. The van der Waals surface area contributed by atoms with E-state index in [0.29, 0.717) is 31.6 Å². The molecule has 0 saturated carbocycles. The van der Waals surface area contributed by atoms with Gasteiger partial charge in [0.2, 0.25) is 11.8 Å². The first kappa shape index (κ1) is 14.1. The van der Waals surface area contributed by atoms with E-state index in [1.165, 1.54) is 12.5 Å². The van der Waals surface area contributed by atoms with Crippen molar-refractivity contribution in [3.63, 3.8) is 0 Å². The van der Waals surface area contributed by atoms with Crippen molar-refractivity contribution >= 4 is 17.7 Å². The zero-order valence-corrected chi connectivity index (χ0v) is 11.1. The molecule has 2 rings (SSSR count). The molecule has 20 heavy (non-hydrogen) atoms. The molecule has 1 saturated heterocycles. The normalized spacial score (nSPS) is 15.4. The predicted octanol–water partition coefficient (Wildman–Crippen LogP) is -0.252. The fraction of sp³-hybridized carbons (Fsp3) is 0.462. The minimum Gasteiger partial charge on any atom is -0.472 e. The molecule has 7 nitrogen and oxygen atoms in total. The number of amides is 3. The lowest BCUT2D eigenvalue weighted by Gasteiger charge is -2.19. The molecule has 2 N–H and O–H groups in total. The quantitative estimate of drug-likeness (QED) is 0.795. The molecule has 0 unspecified atom stereocenters. The van der Waals surface area contributed by atoms with E-state index in [1.54, 1.807) is 11.0 Å². The second-order valence-electron chi connectivity index (χ2n) is 4.50. The van der Waals surface area contributed by atoms with E-state index in [1.807, 2.05) is 0 Å². The van der Waals surface area contributed by atoms with Gasteiger partial charge in [-0.15, -0.1) is 0 Å². The highest BCUT2D eigenvalue weighted by atomic mass is 16.3. The first-order chi connectivity index (χ1) is 9.66. The van der Waals surface area contributed by atoms with Gasteiger partial charge in [0.05, 0.1) is 11.8 Å². The number of furan rings is 1. The molecule has 1 aliphatic rings. The van der Waals surface area contributed by atoms with Crippen molar-refractivity contribution in [3.8, 4) is 0 Å². The van der Waals surface area contributed by atoms with E-state index in [0.717, 1.165) is 0 Å². The van der Waals surface area contributed by atoms with Gasteiger partial charge in [0.15, 0.2) is 0 Å². The van der Waals surface area contributed by atoms with Crippen molar-refractivity contribution < 1.29 is 18.8 Å². The van der Waals surface area contributed by atoms with Gasteiger partial charge < -0.3 is 20.0 Å². The van der Waals surface area contributed by atoms with Crippen LogP contribution in [0.4, 0.5) is 0 Å². The topological polar surface area (TPSA) is 91.7 Å². The first-order valence-corrected chi connectivity index (χ1v) is 6.51. The maximum Gasteiger partial charge on any atom is 0.254 e. The minimum absolute atomic E-state index is 0.0337. The van der Waals surface area contributed by atoms with Crippen LogP contribution in [0.25, 0.3) is 0 Å². The Bertz CT molecular complexity index is 484. The van der Waals surface area contributed by atoms with Crippen LogP contribution in [0.5, 0.6) is 0 Å². The summed E-state index contributed by atoms with van der Waals surface area (Å²) in [5, 5.41) is 5.36. The molecule has 3 amide bonds. The number of hydrogen-bond acceptors (Lipinski definition) is 4. The Morgan fingerprint density at radius 3 is 3.00 bits per heavy atom. The van der Waals surface area contributed by atoms with E-state index in [-0.39, 0.29) is 30.7 Å². The largest absolute Gasteiger partial charge is 0.472 e. The number of nitrogens with one attached hydrogen (secondary N) is 2. The zero-order valence-electron chi connectivity index (χ0n) is 11.1. The summed E-state index contributed by atoms with van der Waals surface area (Å²) < 4.78 is 4.81. The van der Waals surface area contributed by atoms with Gasteiger partial charge >= 0.3 is 0 Å². The molecule has 1 fully saturated rings. The third kappa shape index (κ3) is 3.84. The van der Waals surface area contributed by atoms with Crippen molar-refractivity contribution in [3.05, 3.63) is 24.2 Å². The fourth-order valence-corrected chi connectivity index (χ4v) is 1.95. The number of carbonyl (C=O) groups excluding carboxylic acids is 3. The van der Waals surface area contributed by atoms with Crippen LogP contribution in [0, 0.1) is 0 Å². The standard InChI is InChI=1S/C13H17N3O4/c17-11-2-6-16(7-5-14-11)12(18)1-4-15-13(19)10-3-8-20-9-10/h3,8-9H,1-2,4-7H2,(H,14,17)(H,15,19). The van der Waals surface area contributed by atoms with Gasteiger partial charge in [-0.1, -0.05) is 0 Å². The maximum atomic E-state index is 11.9. The molecule has 7 heteroatoms. The first-order valence-electron chi connectivity index (χ1n) is 6.51. The molecule has 1 aromatic rings. The lowest BCUT2D eigenvalue weighted by Crippen LogP contribution is -2.36. The summed E-state index contributed by atoms with van der Waals surface area (Å²) in [5.74, 6) is -0.359. The third-order valence-corrected chi connectivity index (χ3v) is 3.07. The molecular formula is C13H17N3O4. The van der Waals surface area contributed by atoms with Crippen LogP contribution in [0.2, 0.25) is 0 Å². The van der Waals surface area contributed by atoms with E-state index < -0.39 is 0 Å². The highest BCUT2D eigenvalue weighted by Crippen LogP contribution is 2.01. The van der Waals surface area contributed by atoms with Crippen LogP contribution in [-0.4, -0.2) is 48.8 Å². The zero-order chi connectivity index (χ0) is 14.4. The monoisotopic (exact) mass is 279 g/mol. The SMILES string of the molecule is O=C1CCN(C(=O)CCNC(=O)c2ccoc2)CCN1. The number of hydrogen-bond donors (Lipinski definition) is 2. The van der Waals surface area contributed by atoms with Crippen LogP contribution >= 0.6 is 0 Å². The van der Waals surface area contributed by atoms with E-state index >= 15 is 0 Å². The minimum atomic E-state index is -0.265. The van der Waals surface area contributed by atoms with Crippen LogP contribution in [0.1, 0.15) is 23.2 Å². The summed E-state index contributed by atoms with van der Waals surface area (Å²) >= 11 is 0. The smallest absolute Gasteiger partial charge is 0.254 e. The molecule has 0 spiro atoms. The van der Waals surface area contributed by atoms with Crippen LogP contribution < -0.4 is 10.6 Å². The second-order valence-corrected chi connectivity index (χ2v) is 4.50. The Kier molecular flexibility index (Phi) is 4.75. The number of rotatable bonds is 4. The lowest BCUT2D eigenvalue weighted by atomic mass is 10.3. The van der Waals surface area contributed by atoms with Gasteiger partial charge in [0.1, 0.15) is 6.26 Å². The average molecular weight is 279 g/mol. The average Bonchev–Trinajstić information content (AvgIpc) is 2.88. The molecule has 1 aromatic heterocycles. The maximum absolute atomic E-state index is 11.9. The van der Waals surface area contributed by atoms with Crippen LogP contribution in [0.15, 0.2) is 23.0 Å². The van der Waals surface area contributed by atoms with Gasteiger partial charge in [-0.25, -0.2) is 0 Å². The Morgan fingerprint density at radius 2 is 2.25 bits per heavy atom. The van der Waals surface area contributed by atoms with Gasteiger partial charge in [0, 0.05) is 39.0 Å². The van der Waals surface area contributed by atoms with Gasteiger partial charge in [-0.2, -0.15) is 0 Å². The lowest BCUT2D eigenvalue weighted by molar-refractivity contribution is -0.130. The van der Waals surface area contributed by atoms with E-state index in [9.17, 15) is 14.4 Å². The second kappa shape index (κ2) is 6.74. The Labute approximate surface area is 116 Å². The van der Waals surface area contributed by atoms with Crippen molar-refractivity contribution in [1.82, 2.24) is 15.5 Å². The molecule has 2 heterocycles. The number of nitrogens with zero attached hydrogens (tertiary/aromatic N) is 1. The van der Waals surface area contributed by atoms with E-state index in [4.69, 9.17) is 4.42 Å². The van der Waals surface area contributed by atoms with Gasteiger partial charge in [-0.3, -0.25) is 14.4 Å². The molecule has 0 bridgehead atoms. The van der Waals surface area contributed by atoms with Crippen molar-refractivity contribution in [2.45, 2.75) is 12.8 Å². The van der Waals surface area contributed by atoms with Crippen molar-refractivity contribution in [2.75, 3.05) is 26.2 Å². The fourth-order valence-electron chi connectivity index (χ4n) is 1.95. The summed E-state index contributed by atoms with van der Waals surface area (Å²) in [6.45, 7) is 1.69. The summed E-state index contributed by atoms with van der Waals surface area (Å²) in [6, 6.07) is 1.56. The summed E-state index contributed by atoms with van der Waals surface area (Å²) in [7, 11) is 0. The molecule has 0 aliphatic carbocycles. The molecule has 108 valence electrons. The van der Waals surface area contributed by atoms with Crippen LogP contribution in [-0.2, 0) is 9.59 Å². The summed E-state index contributed by atoms with van der Waals surface area (Å²) in [4.78, 5) is 36.4. The third-order valence-electron chi connectivity index (χ3n) is 3.07. The Balaban J connectivity index is 1.72. The Hall–Kier alpha value is -2.31. The molecule has 0 aromatic carbocycles. The molecule has 0 atom stereocenters. The molecule has 0 radical (unpaired) electrons. The number of carbonyl (C=O) groups is 3. The highest BCUT2D eigenvalue weighted by Gasteiger charge is 2.18. The van der Waals surface area contributed by atoms with Gasteiger partial charge in [-0.05, 0) is 6.07 Å². The van der Waals surface area contributed by atoms with Crippen molar-refractivity contribution in [1.29, 1.82) is 0 Å². The predicted molar refractivity (Wildman–Crippen MR) is 69.9 cm³/mol. The summed E-state index contributed by atoms with van der Waals surface area (Å²) in [5.41, 5.74) is 0.432. The summed E-state index contributed by atoms with van der Waals surface area (Å²) in [6.07, 6.45) is 3.31. The van der Waals surface area contributed by atoms with Gasteiger partial charge in [0.25, 0.3) is 5.91 Å². The van der Waals surface area contributed by atoms with Crippen molar-refractivity contribution in [2.24, 2.45) is 0 Å². The molecule has 1 aliphatic heterocycles. The van der Waals surface area contributed by atoms with Crippen LogP contribution in [0.3, 0.4) is 0 Å². The molecular weight excluding hydrogens is 262 g/mol. The van der Waals surface area contributed by atoms with E-state index in [2.05, 4.69) is 10.6 Å².